The molecule has 2 rings (SSSR count). The van der Waals surface area contributed by atoms with Crippen LogP contribution in [0.2, 0.25) is 0 Å². The van der Waals surface area contributed by atoms with Gasteiger partial charge in [-0.1, -0.05) is 0 Å². The van der Waals surface area contributed by atoms with Crippen LogP contribution < -0.4 is 0 Å². The van der Waals surface area contributed by atoms with E-state index >= 15 is 0 Å². The lowest BCUT2D eigenvalue weighted by Crippen LogP contribution is -2.11. The molecule has 0 unspecified atom stereocenters. The highest BCUT2D eigenvalue weighted by atomic mass is 19.4. The van der Waals surface area contributed by atoms with E-state index in [1.54, 1.807) is 0 Å². The summed E-state index contributed by atoms with van der Waals surface area (Å²) in [6.45, 7) is 0. The van der Waals surface area contributed by atoms with Crippen LogP contribution in [0, 0.1) is 0 Å². The topological polar surface area (TPSA) is 56.5 Å². The van der Waals surface area contributed by atoms with Crippen LogP contribution in [0.4, 0.5) is 13.2 Å². The van der Waals surface area contributed by atoms with E-state index in [0.717, 1.165) is 13.3 Å². The highest BCUT2D eigenvalue weighted by Crippen LogP contribution is 2.28. The predicted molar refractivity (Wildman–Crippen MR) is 49.3 cm³/mol. The fourth-order valence-corrected chi connectivity index (χ4v) is 1.38. The molecule has 0 saturated carbocycles. The van der Waals surface area contributed by atoms with Crippen molar-refractivity contribution in [2.75, 3.05) is 7.11 Å². The molecule has 0 amide bonds. The molecule has 0 aliphatic heterocycles. The van der Waals surface area contributed by atoms with Crippen molar-refractivity contribution < 1.29 is 22.7 Å². The molecule has 0 N–H and O–H groups in total. The van der Waals surface area contributed by atoms with Gasteiger partial charge >= 0.3 is 12.1 Å². The number of carbonyl (C=O) groups excluding carboxylic acids is 1. The van der Waals surface area contributed by atoms with Crippen molar-refractivity contribution in [3.63, 3.8) is 0 Å². The van der Waals surface area contributed by atoms with Crippen molar-refractivity contribution >= 4 is 11.6 Å². The van der Waals surface area contributed by atoms with Gasteiger partial charge in [-0.3, -0.25) is 4.40 Å². The molecule has 2 aromatic heterocycles. The number of nitrogens with zero attached hydrogens (tertiary/aromatic N) is 3. The third-order valence-electron chi connectivity index (χ3n) is 2.09. The van der Waals surface area contributed by atoms with E-state index in [0.29, 0.717) is 4.40 Å². The number of ether oxygens (including phenoxy) is 1. The third kappa shape index (κ3) is 1.81. The second-order valence-electron chi connectivity index (χ2n) is 3.13. The zero-order valence-corrected chi connectivity index (χ0v) is 8.52. The highest BCUT2D eigenvalue weighted by Gasteiger charge is 2.37. The molecule has 8 heteroatoms. The second kappa shape index (κ2) is 3.72. The Labute approximate surface area is 92.8 Å². The predicted octanol–water partition coefficient (Wildman–Crippen LogP) is 1.53. The number of esters is 1. The first-order valence-corrected chi connectivity index (χ1v) is 4.44. The number of alkyl halides is 3. The maximum absolute atomic E-state index is 12.5. The molecule has 5 nitrogen and oxygen atoms in total. The Kier molecular flexibility index (Phi) is 2.49. The molecule has 0 aliphatic carbocycles. The number of aromatic nitrogens is 3. The standard InChI is InChI=1S/C9H6F3N3O2/c1-17-7(16)5-3-2-4-15-6(5)13-14-8(15)9(10,11)12/h2-4H,1H3. The number of pyridine rings is 1. The van der Waals surface area contributed by atoms with Crippen molar-refractivity contribution in [3.8, 4) is 0 Å². The number of rotatable bonds is 1. The third-order valence-corrected chi connectivity index (χ3v) is 2.09. The molecule has 0 atom stereocenters. The van der Waals surface area contributed by atoms with E-state index in [4.69, 9.17) is 0 Å². The van der Waals surface area contributed by atoms with Gasteiger partial charge in [0.2, 0.25) is 5.82 Å². The zero-order chi connectivity index (χ0) is 12.6. The Morgan fingerprint density at radius 2 is 2.12 bits per heavy atom. The van der Waals surface area contributed by atoms with Crippen LogP contribution in [-0.4, -0.2) is 27.7 Å². The summed E-state index contributed by atoms with van der Waals surface area (Å²) < 4.78 is 42.7. The highest BCUT2D eigenvalue weighted by molar-refractivity contribution is 5.95. The monoisotopic (exact) mass is 245 g/mol. The molecule has 0 fully saturated rings. The first kappa shape index (κ1) is 11.4. The Balaban J connectivity index is 2.69. The van der Waals surface area contributed by atoms with Gasteiger partial charge < -0.3 is 4.74 Å². The Hall–Kier alpha value is -2.12. The van der Waals surface area contributed by atoms with Gasteiger partial charge in [0.05, 0.1) is 7.11 Å². The molecule has 0 spiro atoms. The summed E-state index contributed by atoms with van der Waals surface area (Å²) in [4.78, 5) is 11.3. The molecular formula is C9H6F3N3O2. The number of fused-ring (bicyclic) bond motifs is 1. The fourth-order valence-electron chi connectivity index (χ4n) is 1.38. The van der Waals surface area contributed by atoms with Crippen LogP contribution in [0.1, 0.15) is 16.2 Å². The van der Waals surface area contributed by atoms with Gasteiger partial charge in [0.25, 0.3) is 0 Å². The first-order chi connectivity index (χ1) is 7.95. The van der Waals surface area contributed by atoms with Crippen molar-refractivity contribution in [3.05, 3.63) is 29.7 Å². The summed E-state index contributed by atoms with van der Waals surface area (Å²) in [5, 5.41) is 6.37. The maximum Gasteiger partial charge on any atom is 0.452 e. The number of methoxy groups -OCH3 is 1. The fraction of sp³-hybridized carbons (Fsp3) is 0.222. The van der Waals surface area contributed by atoms with Gasteiger partial charge in [0.15, 0.2) is 5.65 Å². The quantitative estimate of drug-likeness (QED) is 0.715. The summed E-state index contributed by atoms with van der Waals surface area (Å²) >= 11 is 0. The molecule has 2 aromatic rings. The van der Waals surface area contributed by atoms with Crippen LogP contribution >= 0.6 is 0 Å². The smallest absolute Gasteiger partial charge is 0.452 e. The molecule has 0 bridgehead atoms. The lowest BCUT2D eigenvalue weighted by molar-refractivity contribution is -0.145. The zero-order valence-electron chi connectivity index (χ0n) is 8.52. The van der Waals surface area contributed by atoms with E-state index in [-0.39, 0.29) is 11.2 Å². The van der Waals surface area contributed by atoms with E-state index in [9.17, 15) is 18.0 Å². The van der Waals surface area contributed by atoms with E-state index in [2.05, 4.69) is 14.9 Å². The molecule has 2 heterocycles. The summed E-state index contributed by atoms with van der Waals surface area (Å²) in [5.74, 6) is -1.95. The first-order valence-electron chi connectivity index (χ1n) is 4.44. The molecule has 0 aromatic carbocycles. The van der Waals surface area contributed by atoms with Crippen LogP contribution in [0.15, 0.2) is 18.3 Å². The van der Waals surface area contributed by atoms with Gasteiger partial charge in [-0.15, -0.1) is 10.2 Å². The lowest BCUT2D eigenvalue weighted by Gasteiger charge is -2.04. The molecule has 17 heavy (non-hydrogen) atoms. The molecule has 0 radical (unpaired) electrons. The summed E-state index contributed by atoms with van der Waals surface area (Å²) in [5.41, 5.74) is -0.260. The average Bonchev–Trinajstić information content (AvgIpc) is 2.70. The minimum Gasteiger partial charge on any atom is -0.465 e. The molecule has 0 aliphatic rings. The van der Waals surface area contributed by atoms with Gasteiger partial charge in [-0.05, 0) is 12.1 Å². The summed E-state index contributed by atoms with van der Waals surface area (Å²) in [7, 11) is 1.13. The van der Waals surface area contributed by atoms with E-state index < -0.39 is 18.0 Å². The SMILES string of the molecule is COC(=O)c1cccn2c(C(F)(F)F)nnc12. The van der Waals surface area contributed by atoms with Crippen LogP contribution in [0.5, 0.6) is 0 Å². The molecule has 0 saturated heterocycles. The summed E-state index contributed by atoms with van der Waals surface area (Å²) in [6.07, 6.45) is -3.50. The van der Waals surface area contributed by atoms with Crippen LogP contribution in [-0.2, 0) is 10.9 Å². The van der Waals surface area contributed by atoms with Gasteiger partial charge in [-0.25, -0.2) is 4.79 Å². The van der Waals surface area contributed by atoms with E-state index in [1.165, 1.54) is 12.1 Å². The number of halogens is 3. The number of hydrogen-bond donors (Lipinski definition) is 0. The number of hydrogen-bond acceptors (Lipinski definition) is 4. The van der Waals surface area contributed by atoms with Crippen LogP contribution in [0.3, 0.4) is 0 Å². The lowest BCUT2D eigenvalue weighted by atomic mass is 10.3. The van der Waals surface area contributed by atoms with Crippen molar-refractivity contribution in [1.29, 1.82) is 0 Å². The Morgan fingerprint density at radius 1 is 1.41 bits per heavy atom. The van der Waals surface area contributed by atoms with Crippen LogP contribution in [0.25, 0.3) is 5.65 Å². The van der Waals surface area contributed by atoms with Gasteiger partial charge in [0.1, 0.15) is 5.56 Å². The Bertz CT molecular complexity index is 576. The minimum atomic E-state index is -4.63. The van der Waals surface area contributed by atoms with Crippen molar-refractivity contribution in [1.82, 2.24) is 14.6 Å². The second-order valence-corrected chi connectivity index (χ2v) is 3.13. The molecular weight excluding hydrogens is 239 g/mol. The average molecular weight is 245 g/mol. The van der Waals surface area contributed by atoms with Crippen molar-refractivity contribution in [2.24, 2.45) is 0 Å². The van der Waals surface area contributed by atoms with E-state index in [1.807, 2.05) is 0 Å². The largest absolute Gasteiger partial charge is 0.465 e. The molecule has 90 valence electrons. The normalized spacial score (nSPS) is 11.8. The van der Waals surface area contributed by atoms with Crippen molar-refractivity contribution in [2.45, 2.75) is 6.18 Å². The van der Waals surface area contributed by atoms with Gasteiger partial charge in [0, 0.05) is 6.20 Å². The van der Waals surface area contributed by atoms with Gasteiger partial charge in [-0.2, -0.15) is 13.2 Å². The Morgan fingerprint density at radius 3 is 2.71 bits per heavy atom. The summed E-state index contributed by atoms with van der Waals surface area (Å²) in [6, 6.07) is 2.61. The number of carbonyl (C=O) groups is 1. The maximum atomic E-state index is 12.5. The minimum absolute atomic E-state index is 0.0713.